The monoisotopic (exact) mass is 429 g/mol. The summed E-state index contributed by atoms with van der Waals surface area (Å²) in [7, 11) is 0. The molecule has 31 heavy (non-hydrogen) atoms. The summed E-state index contributed by atoms with van der Waals surface area (Å²) in [6.07, 6.45) is 8.78. The normalized spacial score (nSPS) is 20.9. The molecule has 2 fully saturated rings. The summed E-state index contributed by atoms with van der Waals surface area (Å²) in [4.78, 5) is 38.5. The van der Waals surface area contributed by atoms with E-state index in [0.717, 1.165) is 32.1 Å². The van der Waals surface area contributed by atoms with Crippen LogP contribution < -0.4 is 10.8 Å². The largest absolute Gasteiger partial charge is 0.377 e. The van der Waals surface area contributed by atoms with Crippen molar-refractivity contribution in [2.24, 2.45) is 5.41 Å². The number of nitro benzene ring substituents is 1. The minimum Gasteiger partial charge on any atom is -0.377 e. The van der Waals surface area contributed by atoms with E-state index in [2.05, 4.69) is 10.2 Å². The van der Waals surface area contributed by atoms with E-state index in [1.807, 2.05) is 0 Å². The zero-order chi connectivity index (χ0) is 22.0. The summed E-state index contributed by atoms with van der Waals surface area (Å²) in [6, 6.07) is 3.57. The molecule has 166 valence electrons. The first-order valence-electron chi connectivity index (χ1n) is 11.0. The fourth-order valence-electron chi connectivity index (χ4n) is 5.24. The maximum absolute atomic E-state index is 12.9. The van der Waals surface area contributed by atoms with Crippen LogP contribution in [0.2, 0.25) is 0 Å². The molecule has 1 heterocycles. The van der Waals surface area contributed by atoms with Crippen molar-refractivity contribution in [3.63, 3.8) is 0 Å². The molecule has 4 N–H and O–H groups in total. The molecule has 4 rings (SSSR count). The number of carbonyl (C=O) groups is 2. The van der Waals surface area contributed by atoms with Gasteiger partial charge in [0.15, 0.2) is 5.70 Å². The lowest BCUT2D eigenvalue weighted by Crippen LogP contribution is -2.81. The summed E-state index contributed by atoms with van der Waals surface area (Å²) in [6.45, 7) is 3.58. The molecule has 2 aliphatic carbocycles. The molecule has 0 radical (unpaired) electrons. The lowest BCUT2D eigenvalue weighted by Gasteiger charge is -2.39. The molecule has 1 aliphatic heterocycles. The van der Waals surface area contributed by atoms with Gasteiger partial charge in [-0.3, -0.25) is 19.7 Å². The van der Waals surface area contributed by atoms with Gasteiger partial charge in [-0.15, -0.1) is 0 Å². The molecule has 1 aromatic rings. The number of fused-ring (bicyclic) bond motifs is 1. The first-order chi connectivity index (χ1) is 14.9. The van der Waals surface area contributed by atoms with Crippen molar-refractivity contribution in [2.45, 2.75) is 44.9 Å². The van der Waals surface area contributed by atoms with Crippen molar-refractivity contribution in [3.05, 3.63) is 50.8 Å². The van der Waals surface area contributed by atoms with Crippen LogP contribution in [0.4, 0.5) is 5.69 Å². The molecule has 9 nitrogen and oxygen atoms in total. The average molecular weight is 429 g/mol. The van der Waals surface area contributed by atoms with Crippen LogP contribution in [0.3, 0.4) is 0 Å². The number of nitrogens with zero attached hydrogens (tertiary/aromatic N) is 2. The Hall–Kier alpha value is -2.62. The highest BCUT2D eigenvalue weighted by Crippen LogP contribution is 2.46. The molecule has 0 bridgehead atoms. The predicted octanol–water partition coefficient (Wildman–Crippen LogP) is 1.77. The van der Waals surface area contributed by atoms with E-state index in [1.54, 1.807) is 0 Å². The van der Waals surface area contributed by atoms with E-state index in [0.29, 0.717) is 17.4 Å². The van der Waals surface area contributed by atoms with Gasteiger partial charge in [0.1, 0.15) is 0 Å². The molecule has 0 unspecified atom stereocenters. The molecule has 1 saturated heterocycles. The molecule has 1 aromatic carbocycles. The molecule has 0 aromatic heterocycles. The number of nitrogens with one attached hydrogen (secondary N) is 1. The highest BCUT2D eigenvalue weighted by Gasteiger charge is 2.38. The number of likely N-dealkylation sites (tertiary alicyclic amines) is 1. The number of nitro groups is 1. The van der Waals surface area contributed by atoms with Gasteiger partial charge in [0.2, 0.25) is 11.5 Å². The summed E-state index contributed by atoms with van der Waals surface area (Å²) in [5.41, 5.74) is 0.924. The van der Waals surface area contributed by atoms with Crippen molar-refractivity contribution in [1.29, 1.82) is 0 Å². The first-order valence-corrected chi connectivity index (χ1v) is 11.0. The Labute approximate surface area is 180 Å². The van der Waals surface area contributed by atoms with Gasteiger partial charge in [-0.2, -0.15) is 5.48 Å². The Balaban J connectivity index is 1.36. The van der Waals surface area contributed by atoms with Crippen LogP contribution in [0, 0.1) is 15.5 Å². The van der Waals surface area contributed by atoms with Crippen LogP contribution in [0.25, 0.3) is 0 Å². The number of piperidine rings is 1. The standard InChI is InChI=1S/C22H28N4O5/c27-20-16-5-4-15(26(30)31)14-17(16)21(28)18(19(20)24-29)23-10-3-11-25-12-8-22(9-13-25)6-1-2-7-22/h4-5,14,23-24,29H,1-3,6-13H2/p+1. The van der Waals surface area contributed by atoms with Crippen LogP contribution in [0.1, 0.15) is 65.7 Å². The van der Waals surface area contributed by atoms with E-state index in [-0.39, 0.29) is 28.2 Å². The first kappa shape index (κ1) is 21.6. The summed E-state index contributed by atoms with van der Waals surface area (Å²) >= 11 is 0. The molecule has 1 saturated carbocycles. The number of quaternary nitrogens is 1. The number of ketones is 2. The number of non-ortho nitro benzene ring substituents is 1. The summed E-state index contributed by atoms with van der Waals surface area (Å²) < 4.78 is 0. The zero-order valence-corrected chi connectivity index (χ0v) is 17.6. The highest BCUT2D eigenvalue weighted by molar-refractivity contribution is 6.25. The van der Waals surface area contributed by atoms with Crippen molar-refractivity contribution < 1.29 is 25.2 Å². The second-order valence-corrected chi connectivity index (χ2v) is 8.89. The van der Waals surface area contributed by atoms with Gasteiger partial charge in [-0.25, -0.2) is 5.21 Å². The second kappa shape index (κ2) is 8.86. The third kappa shape index (κ3) is 4.26. The predicted molar refractivity (Wildman–Crippen MR) is 112 cm³/mol. The third-order valence-electron chi connectivity index (χ3n) is 7.11. The highest BCUT2D eigenvalue weighted by atomic mass is 16.6. The van der Waals surface area contributed by atoms with Crippen molar-refractivity contribution in [3.8, 4) is 0 Å². The average Bonchev–Trinajstić information content (AvgIpc) is 3.23. The number of hydroxylamine groups is 1. The minimum absolute atomic E-state index is 0.00375. The van der Waals surface area contributed by atoms with Crippen molar-refractivity contribution in [1.82, 2.24) is 10.2 Å². The topological polar surface area (TPSA) is 129 Å². The fourth-order valence-corrected chi connectivity index (χ4v) is 5.24. The SMILES string of the molecule is O=C1C(NCCCN2CCC3(CCCC3)CC2)=C([NH2+]O)C(=O)c2ccc([N+](=O)[O-])cc21. The zero-order valence-electron chi connectivity index (χ0n) is 17.6. The van der Waals surface area contributed by atoms with E-state index in [4.69, 9.17) is 0 Å². The summed E-state index contributed by atoms with van der Waals surface area (Å²) in [5.74, 6) is -1.04. The van der Waals surface area contributed by atoms with Crippen molar-refractivity contribution in [2.75, 3.05) is 26.2 Å². The van der Waals surface area contributed by atoms with E-state index in [1.165, 1.54) is 50.7 Å². The van der Waals surface area contributed by atoms with E-state index in [9.17, 15) is 24.9 Å². The van der Waals surface area contributed by atoms with Crippen LogP contribution >= 0.6 is 0 Å². The number of carbonyl (C=O) groups excluding carboxylic acids is 2. The number of nitrogens with two attached hydrogens (primary N) is 1. The molecule has 3 aliphatic rings. The van der Waals surface area contributed by atoms with Gasteiger partial charge in [0, 0.05) is 29.8 Å². The number of benzene rings is 1. The Morgan fingerprint density at radius 2 is 1.81 bits per heavy atom. The minimum atomic E-state index is -0.600. The Bertz CT molecular complexity index is 926. The lowest BCUT2D eigenvalue weighted by molar-refractivity contribution is -0.846. The van der Waals surface area contributed by atoms with E-state index >= 15 is 0 Å². The molecule has 1 spiro atoms. The molecular formula is C22H29N4O5+. The second-order valence-electron chi connectivity index (χ2n) is 8.89. The van der Waals surface area contributed by atoms with Crippen LogP contribution in [-0.2, 0) is 0 Å². The van der Waals surface area contributed by atoms with Crippen LogP contribution in [0.15, 0.2) is 29.6 Å². The van der Waals surface area contributed by atoms with Crippen LogP contribution in [-0.4, -0.2) is 52.8 Å². The van der Waals surface area contributed by atoms with Gasteiger partial charge in [0.25, 0.3) is 11.5 Å². The Morgan fingerprint density at radius 1 is 1.10 bits per heavy atom. The maximum Gasteiger partial charge on any atom is 0.270 e. The van der Waals surface area contributed by atoms with Crippen LogP contribution in [0.5, 0.6) is 0 Å². The molecule has 0 atom stereocenters. The smallest absolute Gasteiger partial charge is 0.270 e. The number of hydrogen-bond acceptors (Lipinski definition) is 7. The number of rotatable bonds is 7. The van der Waals surface area contributed by atoms with Gasteiger partial charge in [0.05, 0.1) is 4.92 Å². The molecule has 9 heteroatoms. The van der Waals surface area contributed by atoms with E-state index < -0.39 is 16.5 Å². The lowest BCUT2D eigenvalue weighted by atomic mass is 9.77. The van der Waals surface area contributed by atoms with Gasteiger partial charge in [-0.1, -0.05) is 12.8 Å². The summed E-state index contributed by atoms with van der Waals surface area (Å²) in [5, 5.41) is 23.6. The Morgan fingerprint density at radius 3 is 2.45 bits per heavy atom. The van der Waals surface area contributed by atoms with Gasteiger partial charge >= 0.3 is 0 Å². The number of Topliss-reactive ketones (excluding diaryl/α,β-unsaturated/α-hetero) is 2. The molecule has 0 amide bonds. The van der Waals surface area contributed by atoms with Crippen molar-refractivity contribution >= 4 is 17.3 Å². The molecular weight excluding hydrogens is 400 g/mol. The maximum atomic E-state index is 12.9. The number of allylic oxidation sites excluding steroid dienone is 2. The third-order valence-corrected chi connectivity index (χ3v) is 7.11. The van der Waals surface area contributed by atoms with Gasteiger partial charge < -0.3 is 10.2 Å². The number of hydrogen-bond donors (Lipinski definition) is 3. The quantitative estimate of drug-likeness (QED) is 0.342. The Kier molecular flexibility index (Phi) is 6.17. The van der Waals surface area contributed by atoms with Gasteiger partial charge in [-0.05, 0) is 63.2 Å². The fraction of sp³-hybridized carbons (Fsp3) is 0.545.